The molecule has 0 amide bonds. The van der Waals surface area contributed by atoms with Gasteiger partial charge in [0.15, 0.2) is 0 Å². The molecule has 0 aliphatic carbocycles. The lowest BCUT2D eigenvalue weighted by Gasteiger charge is -2.34. The minimum Gasteiger partial charge on any atom is -0.360 e. The van der Waals surface area contributed by atoms with Crippen molar-refractivity contribution in [2.24, 2.45) is 0 Å². The number of halogens is 2. The fourth-order valence-electron chi connectivity index (χ4n) is 3.92. The Morgan fingerprint density at radius 1 is 0.926 bits per heavy atom. The van der Waals surface area contributed by atoms with Gasteiger partial charge in [0.25, 0.3) is 0 Å². The Kier molecular flexibility index (Phi) is 6.41. The quantitative estimate of drug-likeness (QED) is 0.405. The third-order valence-electron chi connectivity index (χ3n) is 5.45. The molecule has 0 atom stereocenters. The molecule has 27 heavy (non-hydrogen) atoms. The van der Waals surface area contributed by atoms with E-state index in [0.29, 0.717) is 18.2 Å². The van der Waals surface area contributed by atoms with Gasteiger partial charge in [0, 0.05) is 24.9 Å². The SMILES string of the molecule is Cl.N=C(Cc1ccc2ccccc2c1Cl)N1CCC(c2ccccc2)CC1. The zero-order valence-corrected chi connectivity index (χ0v) is 16.8. The Morgan fingerprint density at radius 3 is 2.33 bits per heavy atom. The molecule has 0 bridgehead atoms. The first-order chi connectivity index (χ1) is 12.7. The fourth-order valence-corrected chi connectivity index (χ4v) is 4.22. The molecule has 0 saturated carbocycles. The molecule has 0 spiro atoms. The first-order valence-electron chi connectivity index (χ1n) is 9.26. The highest BCUT2D eigenvalue weighted by atomic mass is 35.5. The number of amidine groups is 1. The van der Waals surface area contributed by atoms with Crippen LogP contribution in [0.25, 0.3) is 10.8 Å². The van der Waals surface area contributed by atoms with Gasteiger partial charge >= 0.3 is 0 Å². The van der Waals surface area contributed by atoms with Crippen LogP contribution in [0.4, 0.5) is 0 Å². The number of fused-ring (bicyclic) bond motifs is 1. The van der Waals surface area contributed by atoms with Crippen LogP contribution in [-0.4, -0.2) is 23.8 Å². The summed E-state index contributed by atoms with van der Waals surface area (Å²) < 4.78 is 0. The van der Waals surface area contributed by atoms with Crippen LogP contribution in [0.2, 0.25) is 5.02 Å². The number of nitrogens with zero attached hydrogens (tertiary/aromatic N) is 1. The van der Waals surface area contributed by atoms with Crippen LogP contribution in [-0.2, 0) is 6.42 Å². The van der Waals surface area contributed by atoms with Crippen molar-refractivity contribution >= 4 is 40.6 Å². The molecular formula is C23H24Cl2N2. The van der Waals surface area contributed by atoms with Gasteiger partial charge in [-0.3, -0.25) is 5.41 Å². The normalized spacial score (nSPS) is 14.8. The molecular weight excluding hydrogens is 375 g/mol. The Hall–Kier alpha value is -2.03. The summed E-state index contributed by atoms with van der Waals surface area (Å²) in [7, 11) is 0. The molecule has 0 radical (unpaired) electrons. The number of benzene rings is 3. The Bertz CT molecular complexity index is 916. The lowest BCUT2D eigenvalue weighted by molar-refractivity contribution is 0.308. The van der Waals surface area contributed by atoms with Crippen LogP contribution in [0.1, 0.15) is 29.9 Å². The molecule has 4 heteroatoms. The van der Waals surface area contributed by atoms with Crippen LogP contribution in [0.3, 0.4) is 0 Å². The molecule has 3 aromatic rings. The minimum atomic E-state index is 0. The molecule has 1 N–H and O–H groups in total. The number of piperidine rings is 1. The van der Waals surface area contributed by atoms with Gasteiger partial charge in [-0.1, -0.05) is 78.3 Å². The summed E-state index contributed by atoms with van der Waals surface area (Å²) in [5.41, 5.74) is 2.47. The zero-order valence-electron chi connectivity index (χ0n) is 15.2. The van der Waals surface area contributed by atoms with Crippen molar-refractivity contribution in [2.45, 2.75) is 25.2 Å². The van der Waals surface area contributed by atoms with Crippen LogP contribution < -0.4 is 0 Å². The molecule has 140 valence electrons. The van der Waals surface area contributed by atoms with Crippen molar-refractivity contribution in [1.29, 1.82) is 5.41 Å². The summed E-state index contributed by atoms with van der Waals surface area (Å²) in [6.45, 7) is 1.90. The van der Waals surface area contributed by atoms with E-state index in [-0.39, 0.29) is 12.4 Å². The highest BCUT2D eigenvalue weighted by Crippen LogP contribution is 2.30. The van der Waals surface area contributed by atoms with E-state index < -0.39 is 0 Å². The van der Waals surface area contributed by atoms with Gasteiger partial charge in [-0.2, -0.15) is 0 Å². The number of rotatable bonds is 3. The number of likely N-dealkylation sites (tertiary alicyclic amines) is 1. The first-order valence-corrected chi connectivity index (χ1v) is 9.63. The second kappa shape index (κ2) is 8.77. The van der Waals surface area contributed by atoms with Crippen molar-refractivity contribution in [3.8, 4) is 0 Å². The van der Waals surface area contributed by atoms with Crippen molar-refractivity contribution in [3.05, 3.63) is 82.9 Å². The summed E-state index contributed by atoms with van der Waals surface area (Å²) in [6.07, 6.45) is 2.81. The van der Waals surface area contributed by atoms with Crippen molar-refractivity contribution in [2.75, 3.05) is 13.1 Å². The molecule has 2 nitrogen and oxygen atoms in total. The molecule has 1 aliphatic rings. The zero-order chi connectivity index (χ0) is 17.9. The summed E-state index contributed by atoms with van der Waals surface area (Å²) in [6, 6.07) is 23.1. The first kappa shape index (κ1) is 19.7. The summed E-state index contributed by atoms with van der Waals surface area (Å²) >= 11 is 6.61. The van der Waals surface area contributed by atoms with E-state index >= 15 is 0 Å². The maximum atomic E-state index is 8.56. The fraction of sp³-hybridized carbons (Fsp3) is 0.261. The highest BCUT2D eigenvalue weighted by molar-refractivity contribution is 6.36. The van der Waals surface area contributed by atoms with Gasteiger partial charge in [-0.25, -0.2) is 0 Å². The lowest BCUT2D eigenvalue weighted by atomic mass is 9.89. The smallest absolute Gasteiger partial charge is 0.100 e. The molecule has 0 unspecified atom stereocenters. The molecule has 1 fully saturated rings. The number of hydrogen-bond donors (Lipinski definition) is 1. The van der Waals surface area contributed by atoms with E-state index in [9.17, 15) is 0 Å². The third kappa shape index (κ3) is 4.28. The molecule has 1 heterocycles. The average molecular weight is 399 g/mol. The summed E-state index contributed by atoms with van der Waals surface area (Å²) in [5, 5.41) is 11.6. The van der Waals surface area contributed by atoms with Gasteiger partial charge < -0.3 is 4.90 Å². The van der Waals surface area contributed by atoms with Gasteiger partial charge in [0.05, 0.1) is 5.02 Å². The highest BCUT2D eigenvalue weighted by Gasteiger charge is 2.22. The molecule has 0 aromatic heterocycles. The average Bonchev–Trinajstić information content (AvgIpc) is 2.71. The van der Waals surface area contributed by atoms with Crippen LogP contribution in [0.15, 0.2) is 66.7 Å². The van der Waals surface area contributed by atoms with Crippen molar-refractivity contribution in [1.82, 2.24) is 4.90 Å². The van der Waals surface area contributed by atoms with Gasteiger partial charge in [-0.15, -0.1) is 12.4 Å². The molecule has 4 rings (SSSR count). The van der Waals surface area contributed by atoms with Gasteiger partial charge in [0.1, 0.15) is 5.84 Å². The standard InChI is InChI=1S/C23H23ClN2.ClH/c24-23-20(11-10-19-8-4-5-9-21(19)23)16-22(25)26-14-12-18(13-15-26)17-6-2-1-3-7-17;/h1-11,18,25H,12-16H2;1H. The maximum absolute atomic E-state index is 8.56. The Balaban J connectivity index is 0.00000210. The molecule has 3 aromatic carbocycles. The number of hydrogen-bond acceptors (Lipinski definition) is 1. The largest absolute Gasteiger partial charge is 0.360 e. The van der Waals surface area contributed by atoms with E-state index in [4.69, 9.17) is 17.0 Å². The lowest BCUT2D eigenvalue weighted by Crippen LogP contribution is -2.38. The monoisotopic (exact) mass is 398 g/mol. The summed E-state index contributed by atoms with van der Waals surface area (Å²) in [4.78, 5) is 2.21. The van der Waals surface area contributed by atoms with Crippen LogP contribution in [0.5, 0.6) is 0 Å². The van der Waals surface area contributed by atoms with Crippen molar-refractivity contribution in [3.63, 3.8) is 0 Å². The number of nitrogens with one attached hydrogen (secondary N) is 1. The summed E-state index contributed by atoms with van der Waals surface area (Å²) in [5.74, 6) is 1.29. The Labute approximate surface area is 172 Å². The van der Waals surface area contributed by atoms with Crippen LogP contribution in [0, 0.1) is 5.41 Å². The van der Waals surface area contributed by atoms with E-state index in [1.165, 1.54) is 5.56 Å². The minimum absolute atomic E-state index is 0. The van der Waals surface area contributed by atoms with E-state index in [1.807, 2.05) is 12.1 Å². The topological polar surface area (TPSA) is 27.1 Å². The van der Waals surface area contributed by atoms with Gasteiger partial charge in [-0.05, 0) is 35.3 Å². The van der Waals surface area contributed by atoms with E-state index in [0.717, 1.165) is 47.3 Å². The predicted molar refractivity (Wildman–Crippen MR) is 118 cm³/mol. The van der Waals surface area contributed by atoms with Crippen molar-refractivity contribution < 1.29 is 0 Å². The Morgan fingerprint density at radius 2 is 1.59 bits per heavy atom. The van der Waals surface area contributed by atoms with E-state index in [1.54, 1.807) is 0 Å². The predicted octanol–water partition coefficient (Wildman–Crippen LogP) is 6.31. The molecule has 1 aliphatic heterocycles. The molecule has 1 saturated heterocycles. The van der Waals surface area contributed by atoms with Crippen LogP contribution >= 0.6 is 24.0 Å². The van der Waals surface area contributed by atoms with E-state index in [2.05, 4.69) is 59.5 Å². The van der Waals surface area contributed by atoms with Gasteiger partial charge in [0.2, 0.25) is 0 Å². The second-order valence-corrected chi connectivity index (χ2v) is 7.43. The third-order valence-corrected chi connectivity index (χ3v) is 5.90. The second-order valence-electron chi connectivity index (χ2n) is 7.06. The maximum Gasteiger partial charge on any atom is 0.100 e.